The van der Waals surface area contributed by atoms with Crippen LogP contribution in [0.15, 0.2) is 41.6 Å². The average molecular weight is 649 g/mol. The summed E-state index contributed by atoms with van der Waals surface area (Å²) in [5, 5.41) is 7.23. The Kier molecular flexibility index (Phi) is 7.91. The molecule has 240 valence electrons. The van der Waals surface area contributed by atoms with Gasteiger partial charge in [0.1, 0.15) is 5.54 Å². The van der Waals surface area contributed by atoms with Crippen molar-refractivity contribution in [2.75, 3.05) is 6.54 Å². The van der Waals surface area contributed by atoms with Gasteiger partial charge in [0.2, 0.25) is 5.91 Å². The lowest BCUT2D eigenvalue weighted by Gasteiger charge is -2.30. The van der Waals surface area contributed by atoms with Crippen LogP contribution >= 0.6 is 0 Å². The fourth-order valence-corrected chi connectivity index (χ4v) is 4.52. The Morgan fingerprint density at radius 1 is 0.841 bits per heavy atom. The summed E-state index contributed by atoms with van der Waals surface area (Å²) in [6.07, 6.45) is -23.1. The minimum Gasteiger partial charge on any atom is -0.374 e. The zero-order chi connectivity index (χ0) is 33.1. The van der Waals surface area contributed by atoms with Crippen LogP contribution in [-0.2, 0) is 27.6 Å². The van der Waals surface area contributed by atoms with Crippen molar-refractivity contribution in [1.29, 1.82) is 0 Å². The smallest absolute Gasteiger partial charge is 0.374 e. The molecule has 1 aliphatic carbocycles. The third-order valence-corrected chi connectivity index (χ3v) is 7.13. The van der Waals surface area contributed by atoms with Gasteiger partial charge in [-0.3, -0.25) is 9.59 Å². The summed E-state index contributed by atoms with van der Waals surface area (Å²) in [4.78, 5) is 29.0. The van der Waals surface area contributed by atoms with Crippen LogP contribution in [0.3, 0.4) is 0 Å². The minimum atomic E-state index is -5.55. The number of halogens is 12. The summed E-state index contributed by atoms with van der Waals surface area (Å²) in [6.45, 7) is 0.473. The van der Waals surface area contributed by atoms with Crippen molar-refractivity contribution in [2.45, 2.75) is 62.0 Å². The SMILES string of the molecule is Cc1cc(C2=NOC(c3cc(C(F)(F)F)cc(C(F)(F)F)c3)(C(F)(F)F)C2)ccc1C(=O)NCC(=O)NC1(C(F)(F)F)CC1. The second-order valence-corrected chi connectivity index (χ2v) is 10.3. The lowest BCUT2D eigenvalue weighted by Crippen LogP contribution is -2.50. The van der Waals surface area contributed by atoms with Crippen LogP contribution in [0.5, 0.6) is 0 Å². The monoisotopic (exact) mass is 649 g/mol. The molecule has 1 aliphatic heterocycles. The molecule has 2 aliphatic rings. The normalized spacial score (nSPS) is 20.1. The maximum absolute atomic E-state index is 14.3. The van der Waals surface area contributed by atoms with Gasteiger partial charge in [0.15, 0.2) is 0 Å². The zero-order valence-electron chi connectivity index (χ0n) is 22.0. The molecule has 0 aromatic heterocycles. The van der Waals surface area contributed by atoms with Gasteiger partial charge in [-0.15, -0.1) is 0 Å². The molecule has 0 bridgehead atoms. The Morgan fingerprint density at radius 3 is 1.86 bits per heavy atom. The number of aryl methyl sites for hydroxylation is 1. The summed E-state index contributed by atoms with van der Waals surface area (Å²) in [7, 11) is 0. The van der Waals surface area contributed by atoms with E-state index in [1.165, 1.54) is 6.92 Å². The van der Waals surface area contributed by atoms with Crippen LogP contribution in [0.2, 0.25) is 0 Å². The molecule has 6 nitrogen and oxygen atoms in total. The maximum Gasteiger partial charge on any atom is 0.435 e. The summed E-state index contributed by atoms with van der Waals surface area (Å²) >= 11 is 0. The Balaban J connectivity index is 1.55. The number of hydrogen-bond donors (Lipinski definition) is 2. The molecular formula is C26H19F12N3O3. The van der Waals surface area contributed by atoms with Crippen molar-refractivity contribution in [3.63, 3.8) is 0 Å². The quantitative estimate of drug-likeness (QED) is 0.349. The molecular weight excluding hydrogens is 630 g/mol. The highest BCUT2D eigenvalue weighted by Gasteiger charge is 2.64. The summed E-state index contributed by atoms with van der Waals surface area (Å²) in [6, 6.07) is 2.72. The molecule has 0 radical (unpaired) electrons. The minimum absolute atomic E-state index is 0.0694. The first-order valence-electron chi connectivity index (χ1n) is 12.4. The summed E-state index contributed by atoms with van der Waals surface area (Å²) in [5.74, 6) is -2.05. The highest BCUT2D eigenvalue weighted by molar-refractivity contribution is 6.04. The molecule has 2 aromatic carbocycles. The van der Waals surface area contributed by atoms with Crippen LogP contribution in [0.25, 0.3) is 0 Å². The predicted octanol–water partition coefficient (Wildman–Crippen LogP) is 6.56. The van der Waals surface area contributed by atoms with Crippen molar-refractivity contribution in [2.24, 2.45) is 5.16 Å². The fourth-order valence-electron chi connectivity index (χ4n) is 4.52. The van der Waals surface area contributed by atoms with Gasteiger partial charge in [0.25, 0.3) is 11.5 Å². The molecule has 2 amide bonds. The van der Waals surface area contributed by atoms with E-state index in [-0.39, 0.29) is 47.7 Å². The maximum atomic E-state index is 14.3. The van der Waals surface area contributed by atoms with E-state index < -0.39 is 83.0 Å². The van der Waals surface area contributed by atoms with E-state index in [9.17, 15) is 62.3 Å². The van der Waals surface area contributed by atoms with Gasteiger partial charge in [-0.25, -0.2) is 0 Å². The average Bonchev–Trinajstić information content (AvgIpc) is 3.52. The molecule has 1 atom stereocenters. The third-order valence-electron chi connectivity index (χ3n) is 7.13. The van der Waals surface area contributed by atoms with Crippen LogP contribution in [0.4, 0.5) is 52.7 Å². The number of rotatable bonds is 6. The molecule has 1 fully saturated rings. The van der Waals surface area contributed by atoms with Crippen molar-refractivity contribution in [3.8, 4) is 0 Å². The van der Waals surface area contributed by atoms with Crippen molar-refractivity contribution in [3.05, 3.63) is 69.8 Å². The lowest BCUT2D eigenvalue weighted by molar-refractivity contribution is -0.276. The standard InChI is InChI=1S/C26H19F12N3O3/c1-12-6-13(2-3-17(12)20(43)39-11-19(42)40-21(4-5-21)25(33,34)35)18-10-22(44-41-18,26(36,37)38)14-7-15(23(27,28)29)9-16(8-14)24(30,31)32/h2-3,6-9H,4-5,10-11H2,1H3,(H,39,43)(H,40,42). The number of carbonyl (C=O) groups is 2. The zero-order valence-corrected chi connectivity index (χ0v) is 22.0. The molecule has 44 heavy (non-hydrogen) atoms. The van der Waals surface area contributed by atoms with E-state index in [1.54, 1.807) is 5.32 Å². The Labute approximate surface area is 239 Å². The molecule has 4 rings (SSSR count). The number of amides is 2. The summed E-state index contributed by atoms with van der Waals surface area (Å²) in [5.41, 5.74) is -12.3. The lowest BCUT2D eigenvalue weighted by atomic mass is 9.84. The van der Waals surface area contributed by atoms with Gasteiger partial charge in [0.05, 0.1) is 23.4 Å². The summed E-state index contributed by atoms with van der Waals surface area (Å²) < 4.78 is 162. The Hall–Kier alpha value is -3.99. The fraction of sp³-hybridized carbons (Fsp3) is 0.423. The molecule has 1 unspecified atom stereocenters. The third kappa shape index (κ3) is 6.29. The van der Waals surface area contributed by atoms with Crippen molar-refractivity contribution < 1.29 is 67.1 Å². The second-order valence-electron chi connectivity index (χ2n) is 10.3. The number of alkyl halides is 12. The second kappa shape index (κ2) is 10.6. The van der Waals surface area contributed by atoms with Crippen LogP contribution < -0.4 is 10.6 Å². The van der Waals surface area contributed by atoms with E-state index in [4.69, 9.17) is 0 Å². The van der Waals surface area contributed by atoms with Gasteiger partial charge < -0.3 is 15.5 Å². The van der Waals surface area contributed by atoms with Gasteiger partial charge in [-0.1, -0.05) is 11.2 Å². The number of hydrogen-bond acceptors (Lipinski definition) is 4. The first-order valence-corrected chi connectivity index (χ1v) is 12.4. The number of carbonyl (C=O) groups excluding carboxylic acids is 2. The molecule has 1 heterocycles. The van der Waals surface area contributed by atoms with Gasteiger partial charge in [0, 0.05) is 17.5 Å². The first kappa shape index (κ1) is 32.9. The highest BCUT2D eigenvalue weighted by atomic mass is 19.4. The Bertz CT molecular complexity index is 1470. The predicted molar refractivity (Wildman–Crippen MR) is 126 cm³/mol. The number of nitrogens with zero attached hydrogens (tertiary/aromatic N) is 1. The molecule has 0 saturated heterocycles. The molecule has 18 heteroatoms. The van der Waals surface area contributed by atoms with E-state index >= 15 is 0 Å². The van der Waals surface area contributed by atoms with Crippen LogP contribution in [0, 0.1) is 6.92 Å². The molecule has 1 saturated carbocycles. The van der Waals surface area contributed by atoms with E-state index in [0.29, 0.717) is 0 Å². The van der Waals surface area contributed by atoms with Crippen LogP contribution in [0.1, 0.15) is 57.4 Å². The topological polar surface area (TPSA) is 79.8 Å². The Morgan fingerprint density at radius 2 is 1.41 bits per heavy atom. The number of nitrogens with one attached hydrogen (secondary N) is 2. The van der Waals surface area contributed by atoms with Gasteiger partial charge in [-0.05, 0) is 61.2 Å². The van der Waals surface area contributed by atoms with E-state index in [0.717, 1.165) is 18.2 Å². The molecule has 2 N–H and O–H groups in total. The van der Waals surface area contributed by atoms with Gasteiger partial charge in [-0.2, -0.15) is 52.7 Å². The highest BCUT2D eigenvalue weighted by Crippen LogP contribution is 2.51. The van der Waals surface area contributed by atoms with E-state index in [2.05, 4.69) is 15.3 Å². The van der Waals surface area contributed by atoms with Crippen molar-refractivity contribution in [1.82, 2.24) is 10.6 Å². The van der Waals surface area contributed by atoms with E-state index in [1.807, 2.05) is 0 Å². The molecule has 0 spiro atoms. The number of benzene rings is 2. The van der Waals surface area contributed by atoms with Crippen LogP contribution in [-0.4, -0.2) is 42.0 Å². The number of oxime groups is 1. The largest absolute Gasteiger partial charge is 0.435 e. The molecule has 2 aromatic rings. The van der Waals surface area contributed by atoms with Crippen molar-refractivity contribution >= 4 is 17.5 Å². The van der Waals surface area contributed by atoms with Gasteiger partial charge >= 0.3 is 24.7 Å². The first-order chi connectivity index (χ1) is 20.0.